The Kier molecular flexibility index (Phi) is 1.79. The molecule has 1 N–H and O–H groups in total. The second-order valence-corrected chi connectivity index (χ2v) is 3.57. The van der Waals surface area contributed by atoms with E-state index in [9.17, 15) is 9.59 Å². The van der Waals surface area contributed by atoms with Crippen LogP contribution in [0.15, 0.2) is 54.4 Å². The Bertz CT molecular complexity index is 959. The molecule has 2 rings (SSSR count). The molecule has 0 spiro atoms. The maximum atomic E-state index is 12.2. The summed E-state index contributed by atoms with van der Waals surface area (Å²) in [6.07, 6.45) is -1.08. The topological polar surface area (TPSA) is 54.4 Å². The second-order valence-electron chi connectivity index (χ2n) is 3.57. The molecule has 3 heteroatoms. The maximum absolute atomic E-state index is 12.2. The van der Waals surface area contributed by atoms with Crippen molar-refractivity contribution in [1.29, 1.82) is 0 Å². The fraction of sp³-hybridized carbons (Fsp3) is 0.125. The highest BCUT2D eigenvalue weighted by Gasteiger charge is 2.08. The minimum atomic E-state index is -1.26. The van der Waals surface area contributed by atoms with Gasteiger partial charge in [-0.25, -0.2) is 0 Å². The van der Waals surface area contributed by atoms with Gasteiger partial charge in [0.05, 0.1) is 18.8 Å². The van der Waals surface area contributed by atoms with Crippen molar-refractivity contribution in [3.05, 3.63) is 59.9 Å². The third-order valence-electron chi connectivity index (χ3n) is 2.22. The minimum Gasteiger partial charge on any atom is -0.481 e. The highest BCUT2D eigenvalue weighted by Crippen LogP contribution is 2.19. The van der Waals surface area contributed by atoms with Crippen molar-refractivity contribution in [2.24, 2.45) is 0 Å². The number of benzene rings is 2. The maximum Gasteiger partial charge on any atom is 0.303 e. The van der Waals surface area contributed by atoms with E-state index >= 15 is 0 Å². The average Bonchev–Trinajstić information content (AvgIpc) is 2.64. The first kappa shape index (κ1) is 5.70. The zero-order valence-corrected chi connectivity index (χ0v) is 9.68. The molecular weight excluding hydrogens is 240 g/mol. The summed E-state index contributed by atoms with van der Waals surface area (Å²) < 4.78 is 71.2. The Morgan fingerprint density at radius 2 is 1.47 bits per heavy atom. The smallest absolute Gasteiger partial charge is 0.303 e. The number of rotatable bonds is 5. The molecule has 3 nitrogen and oxygen atoms in total. The van der Waals surface area contributed by atoms with E-state index in [4.69, 9.17) is 17.4 Å². The molecule has 0 saturated heterocycles. The fourth-order valence-corrected chi connectivity index (χ4v) is 1.30. The van der Waals surface area contributed by atoms with Gasteiger partial charge in [0.25, 0.3) is 0 Å². The number of carboxylic acids is 1. The number of carbonyl (C=O) groups is 2. The minimum absolute atomic E-state index is 0.507. The van der Waals surface area contributed by atoms with E-state index in [0.29, 0.717) is 0 Å². The Morgan fingerprint density at radius 3 is 2.05 bits per heavy atom. The van der Waals surface area contributed by atoms with Crippen LogP contribution in [0, 0.1) is 0 Å². The normalized spacial score (nSPS) is 16.7. The third-order valence-corrected chi connectivity index (χ3v) is 2.22. The predicted molar refractivity (Wildman–Crippen MR) is 73.1 cm³/mol. The number of carboxylic acid groups (broad SMARTS) is 1. The van der Waals surface area contributed by atoms with Crippen LogP contribution in [0.25, 0.3) is 11.1 Å². The lowest BCUT2D eigenvalue weighted by atomic mass is 10.0. The molecule has 0 aliphatic rings. The molecule has 2 aromatic rings. The summed E-state index contributed by atoms with van der Waals surface area (Å²) in [6.45, 7) is 0. The summed E-state index contributed by atoms with van der Waals surface area (Å²) in [4.78, 5) is 22.8. The van der Waals surface area contributed by atoms with Crippen LogP contribution in [0.5, 0.6) is 0 Å². The van der Waals surface area contributed by atoms with Gasteiger partial charge >= 0.3 is 5.97 Å². The Hall–Kier alpha value is -2.42. The molecule has 19 heavy (non-hydrogen) atoms. The number of hydrogen-bond donors (Lipinski definition) is 1. The molecule has 2 aromatic carbocycles. The van der Waals surface area contributed by atoms with Crippen LogP contribution in [-0.4, -0.2) is 16.9 Å². The van der Waals surface area contributed by atoms with E-state index in [-0.39, 0.29) is 0 Å². The molecule has 96 valence electrons. The highest BCUT2D eigenvalue weighted by molar-refractivity contribution is 5.97. The van der Waals surface area contributed by atoms with Crippen LogP contribution < -0.4 is 0 Å². The number of carbonyl (C=O) groups excluding carboxylic acids is 1. The van der Waals surface area contributed by atoms with Gasteiger partial charge in [-0.1, -0.05) is 54.4 Å². The molecule has 0 radical (unpaired) electrons. The molecule has 0 heterocycles. The molecular formula is C16H14O3. The van der Waals surface area contributed by atoms with Crippen LogP contribution in [0.3, 0.4) is 0 Å². The lowest BCUT2D eigenvalue weighted by Gasteiger charge is -2.03. The SMILES string of the molecule is [2H]c1c([2H])c([2H])c(-c2c([2H])c([2H])c(C(=O)CCC(=O)O)c([2H])c2[2H])c([2H])c1[2H]. The second kappa shape index (κ2) is 5.96. The van der Waals surface area contributed by atoms with Crippen LogP contribution in [0.4, 0.5) is 0 Å². The molecule has 0 amide bonds. The number of hydrogen-bond acceptors (Lipinski definition) is 2. The third kappa shape index (κ3) is 3.52. The first-order valence-corrected chi connectivity index (χ1v) is 5.34. The first-order chi connectivity index (χ1) is 12.9. The monoisotopic (exact) mass is 263 g/mol. The van der Waals surface area contributed by atoms with Gasteiger partial charge in [0.2, 0.25) is 0 Å². The van der Waals surface area contributed by atoms with Crippen molar-refractivity contribution in [3.8, 4) is 11.1 Å². The van der Waals surface area contributed by atoms with Crippen molar-refractivity contribution in [3.63, 3.8) is 0 Å². The Labute approximate surface area is 124 Å². The summed E-state index contributed by atoms with van der Waals surface area (Å²) in [5.74, 6) is -2.16. The predicted octanol–water partition coefficient (Wildman–Crippen LogP) is 3.40. The van der Waals surface area contributed by atoms with Gasteiger partial charge in [-0.3, -0.25) is 9.59 Å². The van der Waals surface area contributed by atoms with Gasteiger partial charge < -0.3 is 5.11 Å². The number of Topliss-reactive ketones (excluding diaryl/α,β-unsaturated/α-hetero) is 1. The van der Waals surface area contributed by atoms with Gasteiger partial charge in [-0.05, 0) is 11.1 Å². The van der Waals surface area contributed by atoms with Gasteiger partial charge in [-0.15, -0.1) is 0 Å². The van der Waals surface area contributed by atoms with E-state index in [1.807, 2.05) is 0 Å². The van der Waals surface area contributed by atoms with Crippen LogP contribution in [0.2, 0.25) is 0 Å². The van der Waals surface area contributed by atoms with E-state index < -0.39 is 95.7 Å². The van der Waals surface area contributed by atoms with Crippen LogP contribution >= 0.6 is 0 Å². The fourth-order valence-electron chi connectivity index (χ4n) is 1.30. The molecule has 0 fully saturated rings. The summed E-state index contributed by atoms with van der Waals surface area (Å²) in [5, 5.41) is 8.67. The molecule has 0 aromatic heterocycles. The molecule has 0 bridgehead atoms. The van der Waals surface area contributed by atoms with E-state index in [0.717, 1.165) is 0 Å². The first-order valence-electron chi connectivity index (χ1n) is 9.84. The molecule has 0 aliphatic carbocycles. The lowest BCUT2D eigenvalue weighted by molar-refractivity contribution is -0.136. The van der Waals surface area contributed by atoms with Crippen LogP contribution in [-0.2, 0) is 4.79 Å². The number of aliphatic carboxylic acids is 1. The molecule has 0 saturated carbocycles. The van der Waals surface area contributed by atoms with Gasteiger partial charge in [0.15, 0.2) is 5.78 Å². The van der Waals surface area contributed by atoms with Gasteiger partial charge in [0, 0.05) is 12.0 Å². The quantitative estimate of drug-likeness (QED) is 0.841. The van der Waals surface area contributed by atoms with E-state index in [1.165, 1.54) is 0 Å². The number of ketones is 1. The van der Waals surface area contributed by atoms with Crippen molar-refractivity contribution in [2.45, 2.75) is 12.8 Å². The average molecular weight is 263 g/mol. The van der Waals surface area contributed by atoms with Gasteiger partial charge in [0.1, 0.15) is 0 Å². The highest BCUT2D eigenvalue weighted by atomic mass is 16.4. The van der Waals surface area contributed by atoms with Crippen molar-refractivity contribution in [2.75, 3.05) is 0 Å². The molecule has 0 aliphatic heterocycles. The summed E-state index contributed by atoms with van der Waals surface area (Å²) in [6, 6.07) is -6.50. The van der Waals surface area contributed by atoms with E-state index in [1.54, 1.807) is 0 Å². The summed E-state index contributed by atoms with van der Waals surface area (Å²) in [7, 11) is 0. The standard InChI is InChI=1S/C16H14O3/c17-15(10-11-16(18)19)14-8-6-13(7-9-14)12-4-2-1-3-5-12/h1-9H,10-11H2,(H,18,19)/i1D,2D,3D,4D,5D,6D,7D,8D,9D. The van der Waals surface area contributed by atoms with Gasteiger partial charge in [-0.2, -0.15) is 0 Å². The summed E-state index contributed by atoms with van der Waals surface area (Å²) in [5.41, 5.74) is -1.64. The zero-order chi connectivity index (χ0) is 21.5. The van der Waals surface area contributed by atoms with E-state index in [2.05, 4.69) is 0 Å². The van der Waals surface area contributed by atoms with Crippen molar-refractivity contribution < 1.29 is 27.0 Å². The Balaban J connectivity index is 2.81. The van der Waals surface area contributed by atoms with Crippen molar-refractivity contribution in [1.82, 2.24) is 0 Å². The molecule has 0 unspecified atom stereocenters. The van der Waals surface area contributed by atoms with Crippen molar-refractivity contribution >= 4 is 11.8 Å². The molecule has 0 atom stereocenters. The largest absolute Gasteiger partial charge is 0.481 e. The summed E-state index contributed by atoms with van der Waals surface area (Å²) >= 11 is 0. The Morgan fingerprint density at radius 1 is 0.895 bits per heavy atom. The zero-order valence-electron chi connectivity index (χ0n) is 18.7. The van der Waals surface area contributed by atoms with Crippen LogP contribution in [0.1, 0.15) is 35.5 Å². The lowest BCUT2D eigenvalue weighted by Crippen LogP contribution is -2.03.